The average molecular weight is 597 g/mol. The highest BCUT2D eigenvalue weighted by Gasteiger charge is 2.25. The van der Waals surface area contributed by atoms with Crippen LogP contribution in [0.25, 0.3) is 77.3 Å². The van der Waals surface area contributed by atoms with Gasteiger partial charge in [0.1, 0.15) is 0 Å². The summed E-state index contributed by atoms with van der Waals surface area (Å²) in [7, 11) is 0. The molecule has 0 aliphatic carbocycles. The number of fused-ring (bicyclic) bond motifs is 10. The highest BCUT2D eigenvalue weighted by Crippen LogP contribution is 2.37. The Morgan fingerprint density at radius 1 is 0.565 bits per heavy atom. The second kappa shape index (κ2) is 9.06. The first-order valence-corrected chi connectivity index (χ1v) is 15.3. The average Bonchev–Trinajstić information content (AvgIpc) is 3.63. The van der Waals surface area contributed by atoms with E-state index in [1.165, 1.54) is 0 Å². The van der Waals surface area contributed by atoms with Crippen LogP contribution in [0.5, 0.6) is 0 Å². The van der Waals surface area contributed by atoms with Crippen LogP contribution < -0.4 is 11.1 Å². The minimum atomic E-state index is -0.204. The molecule has 7 nitrogen and oxygen atoms in total. The molecule has 1 N–H and O–H groups in total. The normalized spacial score (nSPS) is 13.0. The van der Waals surface area contributed by atoms with Gasteiger partial charge in [0.05, 0.1) is 53.5 Å². The molecule has 6 heterocycles. The first kappa shape index (κ1) is 25.4. The number of aliphatic hydroxyl groups excluding tert-OH is 1. The van der Waals surface area contributed by atoms with E-state index in [1.54, 1.807) is 9.13 Å². The third-order valence-corrected chi connectivity index (χ3v) is 9.68. The zero-order valence-corrected chi connectivity index (χ0v) is 24.5. The third-order valence-electron chi connectivity index (χ3n) is 9.68. The number of aromatic nitrogens is 4. The van der Waals surface area contributed by atoms with Gasteiger partial charge in [0.2, 0.25) is 0 Å². The zero-order chi connectivity index (χ0) is 30.7. The van der Waals surface area contributed by atoms with Crippen molar-refractivity contribution in [2.75, 3.05) is 0 Å². The smallest absolute Gasteiger partial charge is 0.259 e. The number of para-hydroxylation sites is 1. The fourth-order valence-corrected chi connectivity index (χ4v) is 7.41. The molecule has 218 valence electrons. The third kappa shape index (κ3) is 3.46. The molecule has 0 fully saturated rings. The van der Waals surface area contributed by atoms with Gasteiger partial charge >= 0.3 is 0 Å². The highest BCUT2D eigenvalue weighted by atomic mass is 16.3. The van der Waals surface area contributed by atoms with Crippen LogP contribution in [0.3, 0.4) is 0 Å². The van der Waals surface area contributed by atoms with Crippen LogP contribution in [0.1, 0.15) is 16.7 Å². The summed E-state index contributed by atoms with van der Waals surface area (Å²) >= 11 is 0. The van der Waals surface area contributed by atoms with Gasteiger partial charge in [-0.25, -0.2) is 9.97 Å². The van der Waals surface area contributed by atoms with Gasteiger partial charge in [-0.2, -0.15) is 0 Å². The number of rotatable bonds is 2. The molecule has 7 heteroatoms. The standard InChI is InChI=1S/C39H24N4O3/c44-20-28-13-25(14-31-30(28)17-35-37-26(19-43(35)39(31)46)11-23-6-2-4-8-32(23)40-37)21-9-10-24-12-27-18-42-34(36(27)41-33(24)15-21)16-22-5-1-3-7-29(22)38(42)45/h1-17,44H,18-20H2. The Morgan fingerprint density at radius 3 is 2.00 bits per heavy atom. The predicted molar refractivity (Wildman–Crippen MR) is 181 cm³/mol. The Morgan fingerprint density at radius 2 is 1.22 bits per heavy atom. The second-order valence-electron chi connectivity index (χ2n) is 12.3. The van der Waals surface area contributed by atoms with Crippen molar-refractivity contribution in [3.05, 3.63) is 141 Å². The van der Waals surface area contributed by atoms with E-state index in [-0.39, 0.29) is 17.7 Å². The summed E-state index contributed by atoms with van der Waals surface area (Å²) in [6.45, 7) is 0.748. The summed E-state index contributed by atoms with van der Waals surface area (Å²) in [6.07, 6.45) is 0. The van der Waals surface area contributed by atoms with Gasteiger partial charge in [-0.1, -0.05) is 48.5 Å². The highest BCUT2D eigenvalue weighted by molar-refractivity contribution is 5.96. The first-order valence-electron chi connectivity index (χ1n) is 15.3. The maximum atomic E-state index is 14.0. The molecule has 0 unspecified atom stereocenters. The summed E-state index contributed by atoms with van der Waals surface area (Å²) in [5, 5.41) is 15.4. The predicted octanol–water partition coefficient (Wildman–Crippen LogP) is 6.63. The molecular weight excluding hydrogens is 572 g/mol. The van der Waals surface area contributed by atoms with Crippen LogP contribution in [0.15, 0.2) is 113 Å². The molecule has 8 aromatic rings. The Labute approximate surface area is 261 Å². The van der Waals surface area contributed by atoms with E-state index in [0.717, 1.165) is 77.6 Å². The summed E-state index contributed by atoms with van der Waals surface area (Å²) in [5.41, 5.74) is 9.26. The maximum Gasteiger partial charge on any atom is 0.259 e. The minimum absolute atomic E-state index is 0.00605. The van der Waals surface area contributed by atoms with Gasteiger partial charge < -0.3 is 14.2 Å². The van der Waals surface area contributed by atoms with Gasteiger partial charge in [-0.15, -0.1) is 0 Å². The summed E-state index contributed by atoms with van der Waals surface area (Å²) < 4.78 is 3.59. The molecule has 10 rings (SSSR count). The van der Waals surface area contributed by atoms with Gasteiger partial charge in [-0.05, 0) is 82.1 Å². The van der Waals surface area contributed by atoms with Crippen molar-refractivity contribution >= 4 is 43.4 Å². The monoisotopic (exact) mass is 596 g/mol. The van der Waals surface area contributed by atoms with Crippen molar-refractivity contribution in [2.45, 2.75) is 19.7 Å². The van der Waals surface area contributed by atoms with E-state index in [4.69, 9.17) is 9.97 Å². The van der Waals surface area contributed by atoms with Gasteiger partial charge in [0, 0.05) is 32.7 Å². The number of nitrogens with zero attached hydrogens (tertiary/aromatic N) is 4. The molecule has 46 heavy (non-hydrogen) atoms. The van der Waals surface area contributed by atoms with Crippen molar-refractivity contribution < 1.29 is 5.11 Å². The molecule has 2 aliphatic heterocycles. The Hall–Kier alpha value is -5.92. The van der Waals surface area contributed by atoms with Gasteiger partial charge in [0.15, 0.2) is 0 Å². The molecule has 0 bridgehead atoms. The van der Waals surface area contributed by atoms with E-state index >= 15 is 0 Å². The largest absolute Gasteiger partial charge is 0.392 e. The van der Waals surface area contributed by atoms with E-state index in [9.17, 15) is 14.7 Å². The molecule has 0 atom stereocenters. The SMILES string of the molecule is O=c1c2ccccc2cc2n1Cc1cc3ccc(-c4cc(CO)c5cc6n(c(=O)c5c4)Cc4cc5ccccc5nc4-6)cc3nc1-2. The molecule has 0 amide bonds. The summed E-state index contributed by atoms with van der Waals surface area (Å²) in [5.74, 6) is 0. The molecule has 0 saturated carbocycles. The number of benzene rings is 4. The molecular formula is C39H24N4O3. The Balaban J connectivity index is 1.12. The maximum absolute atomic E-state index is 14.0. The van der Waals surface area contributed by atoms with Crippen LogP contribution in [0, 0.1) is 0 Å². The molecule has 0 spiro atoms. The fraction of sp³-hybridized carbons (Fsp3) is 0.0769. The minimum Gasteiger partial charge on any atom is -0.392 e. The van der Waals surface area contributed by atoms with E-state index in [0.29, 0.717) is 29.4 Å². The number of aliphatic hydroxyl groups is 1. The number of pyridine rings is 4. The van der Waals surface area contributed by atoms with Crippen LogP contribution in [0.2, 0.25) is 0 Å². The van der Waals surface area contributed by atoms with Crippen LogP contribution in [0.4, 0.5) is 0 Å². The van der Waals surface area contributed by atoms with Crippen LogP contribution in [-0.2, 0) is 19.7 Å². The summed E-state index contributed by atoms with van der Waals surface area (Å²) in [4.78, 5) is 37.3. The zero-order valence-electron chi connectivity index (χ0n) is 24.5. The lowest BCUT2D eigenvalue weighted by atomic mass is 9.96. The Kier molecular flexibility index (Phi) is 5.01. The molecule has 2 aliphatic rings. The van der Waals surface area contributed by atoms with Crippen LogP contribution >= 0.6 is 0 Å². The number of hydrogen-bond donors (Lipinski definition) is 1. The van der Waals surface area contributed by atoms with Crippen molar-refractivity contribution in [2.24, 2.45) is 0 Å². The lowest BCUT2D eigenvalue weighted by Gasteiger charge is -2.13. The molecule has 4 aromatic carbocycles. The lowest BCUT2D eigenvalue weighted by Crippen LogP contribution is -2.19. The van der Waals surface area contributed by atoms with Crippen molar-refractivity contribution in [1.29, 1.82) is 0 Å². The quantitative estimate of drug-likeness (QED) is 0.242. The molecule has 0 radical (unpaired) electrons. The summed E-state index contributed by atoms with van der Waals surface area (Å²) in [6, 6.07) is 33.9. The van der Waals surface area contributed by atoms with Gasteiger partial charge in [0.25, 0.3) is 11.1 Å². The van der Waals surface area contributed by atoms with Crippen molar-refractivity contribution in [1.82, 2.24) is 19.1 Å². The topological polar surface area (TPSA) is 90.0 Å². The fourth-order valence-electron chi connectivity index (χ4n) is 7.41. The Bertz CT molecular complexity index is 2790. The van der Waals surface area contributed by atoms with Gasteiger partial charge in [-0.3, -0.25) is 9.59 Å². The van der Waals surface area contributed by atoms with Crippen molar-refractivity contribution in [3.8, 4) is 33.9 Å². The van der Waals surface area contributed by atoms with E-state index < -0.39 is 0 Å². The second-order valence-corrected chi connectivity index (χ2v) is 12.3. The lowest BCUT2D eigenvalue weighted by molar-refractivity contribution is 0.283. The molecule has 0 saturated heterocycles. The molecule has 4 aromatic heterocycles. The van der Waals surface area contributed by atoms with E-state index in [2.05, 4.69) is 12.1 Å². The van der Waals surface area contributed by atoms with Crippen LogP contribution in [-0.4, -0.2) is 24.2 Å². The van der Waals surface area contributed by atoms with Crippen molar-refractivity contribution in [3.63, 3.8) is 0 Å². The van der Waals surface area contributed by atoms with E-state index in [1.807, 2.05) is 91.0 Å². The first-order chi connectivity index (χ1) is 22.5. The number of hydrogen-bond acceptors (Lipinski definition) is 5.